The van der Waals surface area contributed by atoms with Gasteiger partial charge in [0.2, 0.25) is 5.91 Å². The zero-order chi connectivity index (χ0) is 10.7. The van der Waals surface area contributed by atoms with E-state index in [1.807, 2.05) is 6.07 Å². The fraction of sp³-hybridized carbons (Fsp3) is 0.417. The number of rotatable bonds is 2. The van der Waals surface area contributed by atoms with Gasteiger partial charge in [-0.15, -0.1) is 0 Å². The maximum Gasteiger partial charge on any atom is 0.224 e. The smallest absolute Gasteiger partial charge is 0.224 e. The Kier molecular flexibility index (Phi) is 2.90. The summed E-state index contributed by atoms with van der Waals surface area (Å²) in [5.41, 5.74) is 3.27. The third-order valence-corrected chi connectivity index (χ3v) is 2.61. The minimum absolute atomic E-state index is 0.127. The van der Waals surface area contributed by atoms with E-state index in [0.717, 1.165) is 30.8 Å². The second-order valence-corrected chi connectivity index (χ2v) is 3.80. The lowest BCUT2D eigenvalue weighted by Gasteiger charge is -2.10. The van der Waals surface area contributed by atoms with E-state index in [1.165, 1.54) is 5.56 Å². The molecule has 2 N–H and O–H groups in total. The normalized spacial score (nSPS) is 15.1. The summed E-state index contributed by atoms with van der Waals surface area (Å²) in [4.78, 5) is 11.4. The number of carbonyl (C=O) groups excluding carboxylic acids is 1. The molecule has 1 aliphatic heterocycles. The Labute approximate surface area is 89.9 Å². The lowest BCUT2D eigenvalue weighted by Crippen LogP contribution is -2.09. The highest BCUT2D eigenvalue weighted by Gasteiger charge is 2.12. The first-order chi connectivity index (χ1) is 7.29. The van der Waals surface area contributed by atoms with Crippen molar-refractivity contribution in [2.75, 3.05) is 17.2 Å². The summed E-state index contributed by atoms with van der Waals surface area (Å²) in [5.74, 6) is 0.127. The maximum absolute atomic E-state index is 11.4. The summed E-state index contributed by atoms with van der Waals surface area (Å²) in [6, 6.07) is 6.18. The average molecular weight is 204 g/mol. The van der Waals surface area contributed by atoms with Crippen LogP contribution in [0.3, 0.4) is 0 Å². The molecule has 0 aromatic heterocycles. The zero-order valence-electron chi connectivity index (χ0n) is 8.97. The predicted molar refractivity (Wildman–Crippen MR) is 62.2 cm³/mol. The Bertz CT molecular complexity index is 374. The van der Waals surface area contributed by atoms with Crippen LogP contribution in [0.25, 0.3) is 0 Å². The van der Waals surface area contributed by atoms with E-state index < -0.39 is 0 Å². The van der Waals surface area contributed by atoms with Gasteiger partial charge in [-0.3, -0.25) is 4.79 Å². The Morgan fingerprint density at radius 2 is 2.27 bits per heavy atom. The molecule has 2 rings (SSSR count). The SMILES string of the molecule is CCNc1ccc2c(c1)NC(=O)CCC2. The highest BCUT2D eigenvalue weighted by Crippen LogP contribution is 2.25. The number of amides is 1. The molecule has 0 unspecified atom stereocenters. The molecule has 0 saturated carbocycles. The summed E-state index contributed by atoms with van der Waals surface area (Å²) in [7, 11) is 0. The van der Waals surface area contributed by atoms with Crippen molar-refractivity contribution in [3.05, 3.63) is 23.8 Å². The molecule has 3 nitrogen and oxygen atoms in total. The summed E-state index contributed by atoms with van der Waals surface area (Å²) < 4.78 is 0. The number of carbonyl (C=O) groups is 1. The van der Waals surface area contributed by atoms with Crippen LogP contribution in [0.5, 0.6) is 0 Å². The highest BCUT2D eigenvalue weighted by molar-refractivity contribution is 5.92. The maximum atomic E-state index is 11.4. The Morgan fingerprint density at radius 1 is 1.40 bits per heavy atom. The first kappa shape index (κ1) is 10.0. The molecule has 0 radical (unpaired) electrons. The van der Waals surface area contributed by atoms with Gasteiger partial charge in [0.05, 0.1) is 0 Å². The molecule has 0 saturated heterocycles. The third-order valence-electron chi connectivity index (χ3n) is 2.61. The van der Waals surface area contributed by atoms with Crippen LogP contribution in [0.2, 0.25) is 0 Å². The topological polar surface area (TPSA) is 41.1 Å². The summed E-state index contributed by atoms with van der Waals surface area (Å²) >= 11 is 0. The van der Waals surface area contributed by atoms with Crippen LogP contribution >= 0.6 is 0 Å². The molecule has 1 heterocycles. The number of anilines is 2. The van der Waals surface area contributed by atoms with E-state index >= 15 is 0 Å². The molecule has 0 spiro atoms. The molecule has 0 fully saturated rings. The second kappa shape index (κ2) is 4.34. The van der Waals surface area contributed by atoms with Crippen LogP contribution in [0.15, 0.2) is 18.2 Å². The van der Waals surface area contributed by atoms with Gasteiger partial charge in [-0.1, -0.05) is 6.07 Å². The van der Waals surface area contributed by atoms with E-state index in [2.05, 4.69) is 29.7 Å². The van der Waals surface area contributed by atoms with E-state index in [0.29, 0.717) is 6.42 Å². The van der Waals surface area contributed by atoms with E-state index in [1.54, 1.807) is 0 Å². The predicted octanol–water partition coefficient (Wildman–Crippen LogP) is 2.39. The molecule has 0 bridgehead atoms. The minimum Gasteiger partial charge on any atom is -0.385 e. The number of hydrogen-bond donors (Lipinski definition) is 2. The van der Waals surface area contributed by atoms with Crippen molar-refractivity contribution in [1.82, 2.24) is 0 Å². The molecule has 1 aromatic rings. The summed E-state index contributed by atoms with van der Waals surface area (Å²) in [5, 5.41) is 6.18. The minimum atomic E-state index is 0.127. The third kappa shape index (κ3) is 2.29. The van der Waals surface area contributed by atoms with Crippen molar-refractivity contribution in [1.29, 1.82) is 0 Å². The lowest BCUT2D eigenvalue weighted by atomic mass is 10.1. The van der Waals surface area contributed by atoms with Gasteiger partial charge in [-0.05, 0) is 37.5 Å². The molecule has 1 aromatic carbocycles. The van der Waals surface area contributed by atoms with Crippen molar-refractivity contribution < 1.29 is 4.79 Å². The molecule has 80 valence electrons. The van der Waals surface area contributed by atoms with Crippen LogP contribution in [-0.2, 0) is 11.2 Å². The van der Waals surface area contributed by atoms with Gasteiger partial charge < -0.3 is 10.6 Å². The Balaban J connectivity index is 2.28. The van der Waals surface area contributed by atoms with Crippen molar-refractivity contribution in [2.45, 2.75) is 26.2 Å². The first-order valence-electron chi connectivity index (χ1n) is 5.46. The number of nitrogens with one attached hydrogen (secondary N) is 2. The molecule has 1 amide bonds. The quantitative estimate of drug-likeness (QED) is 0.776. The number of hydrogen-bond acceptors (Lipinski definition) is 2. The van der Waals surface area contributed by atoms with E-state index in [-0.39, 0.29) is 5.91 Å². The molecule has 0 aliphatic carbocycles. The summed E-state index contributed by atoms with van der Waals surface area (Å²) in [6.45, 7) is 2.96. The van der Waals surface area contributed by atoms with Gasteiger partial charge in [0.15, 0.2) is 0 Å². The molecule has 0 atom stereocenters. The second-order valence-electron chi connectivity index (χ2n) is 3.80. The first-order valence-corrected chi connectivity index (χ1v) is 5.46. The Hall–Kier alpha value is -1.51. The van der Waals surface area contributed by atoms with Crippen LogP contribution in [0.1, 0.15) is 25.3 Å². The van der Waals surface area contributed by atoms with E-state index in [9.17, 15) is 4.79 Å². The highest BCUT2D eigenvalue weighted by atomic mass is 16.1. The zero-order valence-corrected chi connectivity index (χ0v) is 8.97. The molecule has 1 aliphatic rings. The molecule has 3 heteroatoms. The van der Waals surface area contributed by atoms with Gasteiger partial charge >= 0.3 is 0 Å². The van der Waals surface area contributed by atoms with Crippen molar-refractivity contribution in [3.8, 4) is 0 Å². The van der Waals surface area contributed by atoms with E-state index in [4.69, 9.17) is 0 Å². The van der Waals surface area contributed by atoms with Crippen LogP contribution in [-0.4, -0.2) is 12.5 Å². The van der Waals surface area contributed by atoms with Crippen molar-refractivity contribution in [2.24, 2.45) is 0 Å². The van der Waals surface area contributed by atoms with Gasteiger partial charge in [-0.25, -0.2) is 0 Å². The van der Waals surface area contributed by atoms with Crippen LogP contribution in [0.4, 0.5) is 11.4 Å². The van der Waals surface area contributed by atoms with Gasteiger partial charge in [0, 0.05) is 24.3 Å². The fourth-order valence-electron chi connectivity index (χ4n) is 1.88. The van der Waals surface area contributed by atoms with Gasteiger partial charge in [-0.2, -0.15) is 0 Å². The molecular weight excluding hydrogens is 188 g/mol. The fourth-order valence-corrected chi connectivity index (χ4v) is 1.88. The lowest BCUT2D eigenvalue weighted by molar-refractivity contribution is -0.116. The van der Waals surface area contributed by atoms with Crippen LogP contribution in [0, 0.1) is 0 Å². The van der Waals surface area contributed by atoms with Crippen molar-refractivity contribution in [3.63, 3.8) is 0 Å². The Morgan fingerprint density at radius 3 is 3.07 bits per heavy atom. The standard InChI is InChI=1S/C12H16N2O/c1-2-13-10-7-6-9-4-3-5-12(15)14-11(9)8-10/h6-8,13H,2-5H2,1H3,(H,14,15). The monoisotopic (exact) mass is 204 g/mol. The van der Waals surface area contributed by atoms with Crippen molar-refractivity contribution >= 4 is 17.3 Å². The number of aryl methyl sites for hydroxylation is 1. The molecular formula is C12H16N2O. The average Bonchev–Trinajstić information content (AvgIpc) is 2.38. The van der Waals surface area contributed by atoms with Gasteiger partial charge in [0.1, 0.15) is 0 Å². The van der Waals surface area contributed by atoms with Gasteiger partial charge in [0.25, 0.3) is 0 Å². The number of benzene rings is 1. The largest absolute Gasteiger partial charge is 0.385 e. The number of fused-ring (bicyclic) bond motifs is 1. The summed E-state index contributed by atoms with van der Waals surface area (Å²) in [6.07, 6.45) is 2.56. The van der Waals surface area contributed by atoms with Crippen LogP contribution < -0.4 is 10.6 Å². The molecule has 15 heavy (non-hydrogen) atoms.